The molecule has 0 fully saturated rings. The first kappa shape index (κ1) is 11.9. The third-order valence-electron chi connectivity index (χ3n) is 2.42. The maximum atomic E-state index is 5.88. The van der Waals surface area contributed by atoms with Gasteiger partial charge < -0.3 is 10.5 Å². The van der Waals surface area contributed by atoms with Crippen LogP contribution in [0.4, 0.5) is 0 Å². The number of hydrogen-bond donors (Lipinski definition) is 1. The fourth-order valence-corrected chi connectivity index (χ4v) is 1.67. The SMILES string of the molecule is COCCCC(C(C)C)C(C)N. The second-order valence-electron chi connectivity index (χ2n) is 3.90. The number of nitrogens with two attached hydrogens (primary N) is 1. The third-order valence-corrected chi connectivity index (χ3v) is 2.42. The Bertz CT molecular complexity index is 94.0. The van der Waals surface area contributed by atoms with Crippen LogP contribution in [0, 0.1) is 11.8 Å². The van der Waals surface area contributed by atoms with Crippen molar-refractivity contribution in [3.05, 3.63) is 0 Å². The highest BCUT2D eigenvalue weighted by Crippen LogP contribution is 2.19. The lowest BCUT2D eigenvalue weighted by Gasteiger charge is -2.24. The minimum absolute atomic E-state index is 0.307. The first-order valence-electron chi connectivity index (χ1n) is 4.84. The van der Waals surface area contributed by atoms with E-state index in [-0.39, 0.29) is 0 Å². The normalized spacial score (nSPS) is 16.5. The molecular formula is C10H23NO. The highest BCUT2D eigenvalue weighted by molar-refractivity contribution is 4.71. The summed E-state index contributed by atoms with van der Waals surface area (Å²) in [5, 5.41) is 0. The summed E-state index contributed by atoms with van der Waals surface area (Å²) in [6.07, 6.45) is 2.31. The van der Waals surface area contributed by atoms with Gasteiger partial charge in [0.05, 0.1) is 0 Å². The molecule has 2 nitrogen and oxygen atoms in total. The van der Waals surface area contributed by atoms with Gasteiger partial charge in [0.25, 0.3) is 0 Å². The molecule has 0 aliphatic rings. The van der Waals surface area contributed by atoms with Gasteiger partial charge in [-0.25, -0.2) is 0 Å². The standard InChI is InChI=1S/C10H23NO/c1-8(2)10(9(3)11)6-5-7-12-4/h8-10H,5-7,11H2,1-4H3. The van der Waals surface area contributed by atoms with E-state index in [2.05, 4.69) is 20.8 Å². The fraction of sp³-hybridized carbons (Fsp3) is 1.00. The molecule has 0 bridgehead atoms. The zero-order valence-electron chi connectivity index (χ0n) is 8.84. The molecule has 0 aromatic carbocycles. The molecule has 0 aliphatic carbocycles. The van der Waals surface area contributed by atoms with Gasteiger partial charge in [0.1, 0.15) is 0 Å². The summed E-state index contributed by atoms with van der Waals surface area (Å²) in [5.74, 6) is 1.32. The van der Waals surface area contributed by atoms with Gasteiger partial charge >= 0.3 is 0 Å². The van der Waals surface area contributed by atoms with Crippen LogP contribution in [-0.2, 0) is 4.74 Å². The van der Waals surface area contributed by atoms with E-state index in [9.17, 15) is 0 Å². The maximum Gasteiger partial charge on any atom is 0.0462 e. The highest BCUT2D eigenvalue weighted by atomic mass is 16.5. The molecule has 0 spiro atoms. The second kappa shape index (κ2) is 6.44. The molecule has 0 amide bonds. The maximum absolute atomic E-state index is 5.88. The average molecular weight is 173 g/mol. The van der Waals surface area contributed by atoms with Gasteiger partial charge in [-0.15, -0.1) is 0 Å². The molecular weight excluding hydrogens is 150 g/mol. The molecule has 0 aromatic heterocycles. The van der Waals surface area contributed by atoms with Crippen LogP contribution >= 0.6 is 0 Å². The van der Waals surface area contributed by atoms with Crippen LogP contribution in [0.2, 0.25) is 0 Å². The van der Waals surface area contributed by atoms with Gasteiger partial charge in [-0.1, -0.05) is 13.8 Å². The van der Waals surface area contributed by atoms with E-state index in [0.29, 0.717) is 17.9 Å². The summed E-state index contributed by atoms with van der Waals surface area (Å²) < 4.78 is 5.01. The Morgan fingerprint density at radius 1 is 1.25 bits per heavy atom. The van der Waals surface area contributed by atoms with Crippen molar-refractivity contribution < 1.29 is 4.74 Å². The van der Waals surface area contributed by atoms with Crippen LogP contribution < -0.4 is 5.73 Å². The third kappa shape index (κ3) is 4.73. The van der Waals surface area contributed by atoms with Crippen LogP contribution in [-0.4, -0.2) is 19.8 Å². The molecule has 2 atom stereocenters. The summed E-state index contributed by atoms with van der Waals surface area (Å²) >= 11 is 0. The molecule has 0 aliphatic heterocycles. The predicted octanol–water partition coefficient (Wildman–Crippen LogP) is 2.03. The van der Waals surface area contributed by atoms with Gasteiger partial charge in [0, 0.05) is 19.8 Å². The van der Waals surface area contributed by atoms with Crippen molar-refractivity contribution in [2.45, 2.75) is 39.7 Å². The second-order valence-corrected chi connectivity index (χ2v) is 3.90. The van der Waals surface area contributed by atoms with E-state index >= 15 is 0 Å². The molecule has 12 heavy (non-hydrogen) atoms. The molecule has 0 radical (unpaired) electrons. The first-order chi connectivity index (χ1) is 5.59. The van der Waals surface area contributed by atoms with Gasteiger partial charge in [-0.2, -0.15) is 0 Å². The summed E-state index contributed by atoms with van der Waals surface area (Å²) in [4.78, 5) is 0. The van der Waals surface area contributed by atoms with Crippen molar-refractivity contribution in [2.75, 3.05) is 13.7 Å². The van der Waals surface area contributed by atoms with E-state index in [1.54, 1.807) is 7.11 Å². The summed E-state index contributed by atoms with van der Waals surface area (Å²) in [6.45, 7) is 7.43. The van der Waals surface area contributed by atoms with Gasteiger partial charge in [0.2, 0.25) is 0 Å². The summed E-state index contributed by atoms with van der Waals surface area (Å²) in [6, 6.07) is 0.307. The number of ether oxygens (including phenoxy) is 1. The number of hydrogen-bond acceptors (Lipinski definition) is 2. The molecule has 0 saturated carbocycles. The molecule has 0 aromatic rings. The van der Waals surface area contributed by atoms with E-state index < -0.39 is 0 Å². The monoisotopic (exact) mass is 173 g/mol. The van der Waals surface area contributed by atoms with Crippen molar-refractivity contribution in [2.24, 2.45) is 17.6 Å². The van der Waals surface area contributed by atoms with Crippen molar-refractivity contribution in [1.29, 1.82) is 0 Å². The first-order valence-corrected chi connectivity index (χ1v) is 4.84. The summed E-state index contributed by atoms with van der Waals surface area (Å²) in [5.41, 5.74) is 5.88. The highest BCUT2D eigenvalue weighted by Gasteiger charge is 2.16. The number of rotatable bonds is 6. The molecule has 0 heterocycles. The van der Waals surface area contributed by atoms with Crippen LogP contribution in [0.5, 0.6) is 0 Å². The Morgan fingerprint density at radius 2 is 1.83 bits per heavy atom. The van der Waals surface area contributed by atoms with Crippen LogP contribution in [0.25, 0.3) is 0 Å². The van der Waals surface area contributed by atoms with Crippen molar-refractivity contribution in [1.82, 2.24) is 0 Å². The fourth-order valence-electron chi connectivity index (χ4n) is 1.67. The largest absolute Gasteiger partial charge is 0.385 e. The van der Waals surface area contributed by atoms with E-state index in [4.69, 9.17) is 10.5 Å². The lowest BCUT2D eigenvalue weighted by atomic mass is 9.86. The smallest absolute Gasteiger partial charge is 0.0462 e. The van der Waals surface area contributed by atoms with Crippen LogP contribution in [0.3, 0.4) is 0 Å². The van der Waals surface area contributed by atoms with E-state index in [1.807, 2.05) is 0 Å². The Labute approximate surface area is 76.5 Å². The van der Waals surface area contributed by atoms with E-state index in [0.717, 1.165) is 13.0 Å². The van der Waals surface area contributed by atoms with Crippen molar-refractivity contribution in [3.63, 3.8) is 0 Å². The molecule has 74 valence electrons. The Hall–Kier alpha value is -0.0800. The topological polar surface area (TPSA) is 35.2 Å². The summed E-state index contributed by atoms with van der Waals surface area (Å²) in [7, 11) is 1.75. The van der Waals surface area contributed by atoms with Gasteiger partial charge in [-0.05, 0) is 31.6 Å². The molecule has 2 unspecified atom stereocenters. The Balaban J connectivity index is 3.64. The van der Waals surface area contributed by atoms with Gasteiger partial charge in [0.15, 0.2) is 0 Å². The van der Waals surface area contributed by atoms with Crippen LogP contribution in [0.15, 0.2) is 0 Å². The predicted molar refractivity (Wildman–Crippen MR) is 53.1 cm³/mol. The van der Waals surface area contributed by atoms with Crippen LogP contribution in [0.1, 0.15) is 33.6 Å². The van der Waals surface area contributed by atoms with E-state index in [1.165, 1.54) is 6.42 Å². The Morgan fingerprint density at radius 3 is 2.17 bits per heavy atom. The molecule has 0 saturated heterocycles. The molecule has 2 heteroatoms. The van der Waals surface area contributed by atoms with Crippen molar-refractivity contribution in [3.8, 4) is 0 Å². The minimum Gasteiger partial charge on any atom is -0.385 e. The average Bonchev–Trinajstić information content (AvgIpc) is 1.96. The zero-order chi connectivity index (χ0) is 9.56. The number of methoxy groups -OCH3 is 1. The Kier molecular flexibility index (Phi) is 6.39. The molecule has 0 rings (SSSR count). The quantitative estimate of drug-likeness (QED) is 0.624. The lowest BCUT2D eigenvalue weighted by molar-refractivity contribution is 0.177. The zero-order valence-corrected chi connectivity index (χ0v) is 8.84. The van der Waals surface area contributed by atoms with Crippen molar-refractivity contribution >= 4 is 0 Å². The minimum atomic E-state index is 0.307. The lowest BCUT2D eigenvalue weighted by Crippen LogP contribution is -2.30. The molecule has 2 N–H and O–H groups in total. The van der Waals surface area contributed by atoms with Gasteiger partial charge in [-0.3, -0.25) is 0 Å².